The Labute approximate surface area is 114 Å². The quantitative estimate of drug-likeness (QED) is 0.762. The Morgan fingerprint density at radius 1 is 1.22 bits per heavy atom. The maximum absolute atomic E-state index is 4.38. The molecule has 5 heteroatoms. The van der Waals surface area contributed by atoms with Gasteiger partial charge in [0.25, 0.3) is 0 Å². The third kappa shape index (κ3) is 4.23. The maximum atomic E-state index is 4.38. The largest absolute Gasteiger partial charge is 0.346 e. The summed E-state index contributed by atoms with van der Waals surface area (Å²) in [4.78, 5) is 9.37. The smallest absolute Gasteiger partial charge is 0.185 e. The molecule has 1 aliphatic heterocycles. The predicted molar refractivity (Wildman–Crippen MR) is 78.5 cm³/mol. The van der Waals surface area contributed by atoms with Crippen LogP contribution in [0.2, 0.25) is 0 Å². The number of anilines is 1. The summed E-state index contributed by atoms with van der Waals surface area (Å²) in [7, 11) is 2.03. The SMILES string of the molecule is CNCCCCCN1CCN(c2nccs2)CC1. The van der Waals surface area contributed by atoms with Crippen molar-refractivity contribution in [2.75, 3.05) is 51.2 Å². The van der Waals surface area contributed by atoms with E-state index in [4.69, 9.17) is 0 Å². The number of nitrogens with one attached hydrogen (secondary N) is 1. The second kappa shape index (κ2) is 7.71. The highest BCUT2D eigenvalue weighted by molar-refractivity contribution is 7.13. The zero-order valence-corrected chi connectivity index (χ0v) is 12.1. The number of hydrogen-bond donors (Lipinski definition) is 1. The van der Waals surface area contributed by atoms with Crippen molar-refractivity contribution in [3.05, 3.63) is 11.6 Å². The van der Waals surface area contributed by atoms with Crippen molar-refractivity contribution >= 4 is 16.5 Å². The molecule has 0 unspecified atom stereocenters. The third-order valence-electron chi connectivity index (χ3n) is 3.46. The van der Waals surface area contributed by atoms with Gasteiger partial charge in [0.1, 0.15) is 0 Å². The minimum Gasteiger partial charge on any atom is -0.346 e. The summed E-state index contributed by atoms with van der Waals surface area (Å²) in [5, 5.41) is 6.44. The van der Waals surface area contributed by atoms with Crippen molar-refractivity contribution in [3.63, 3.8) is 0 Å². The molecular formula is C13H24N4S. The summed E-state index contributed by atoms with van der Waals surface area (Å²) in [5.41, 5.74) is 0. The zero-order valence-electron chi connectivity index (χ0n) is 11.3. The van der Waals surface area contributed by atoms with E-state index in [0.29, 0.717) is 0 Å². The van der Waals surface area contributed by atoms with Crippen LogP contribution in [-0.2, 0) is 0 Å². The van der Waals surface area contributed by atoms with Crippen LogP contribution in [0.3, 0.4) is 0 Å². The van der Waals surface area contributed by atoms with Crippen molar-refractivity contribution in [2.24, 2.45) is 0 Å². The number of rotatable bonds is 7. The molecule has 18 heavy (non-hydrogen) atoms. The van der Waals surface area contributed by atoms with Crippen molar-refractivity contribution in [3.8, 4) is 0 Å². The summed E-state index contributed by atoms with van der Waals surface area (Å²) in [6.07, 6.45) is 5.87. The fourth-order valence-electron chi connectivity index (χ4n) is 2.35. The maximum Gasteiger partial charge on any atom is 0.185 e. The van der Waals surface area contributed by atoms with Gasteiger partial charge < -0.3 is 10.2 Å². The van der Waals surface area contributed by atoms with Gasteiger partial charge in [-0.25, -0.2) is 4.98 Å². The van der Waals surface area contributed by atoms with Crippen LogP contribution < -0.4 is 10.2 Å². The molecule has 0 bridgehead atoms. The lowest BCUT2D eigenvalue weighted by molar-refractivity contribution is 0.252. The van der Waals surface area contributed by atoms with E-state index in [9.17, 15) is 0 Å². The standard InChI is InChI=1S/C13H24N4S/c1-14-5-3-2-4-7-16-8-10-17(11-9-16)13-15-6-12-18-13/h6,12,14H,2-5,7-11H2,1H3. The lowest BCUT2D eigenvalue weighted by atomic mass is 10.2. The summed E-state index contributed by atoms with van der Waals surface area (Å²) in [5.74, 6) is 0. The van der Waals surface area contributed by atoms with Gasteiger partial charge in [0.05, 0.1) is 0 Å². The molecule has 0 radical (unpaired) electrons. The Morgan fingerprint density at radius 2 is 2.06 bits per heavy atom. The number of unbranched alkanes of at least 4 members (excludes halogenated alkanes) is 2. The van der Waals surface area contributed by atoms with Crippen LogP contribution in [0.5, 0.6) is 0 Å². The zero-order chi connectivity index (χ0) is 12.6. The van der Waals surface area contributed by atoms with Gasteiger partial charge in [-0.3, -0.25) is 4.90 Å². The molecule has 0 amide bonds. The Hall–Kier alpha value is -0.650. The van der Waals surface area contributed by atoms with Crippen molar-refractivity contribution in [1.29, 1.82) is 0 Å². The highest BCUT2D eigenvalue weighted by Crippen LogP contribution is 2.18. The first-order valence-corrected chi connectivity index (χ1v) is 7.79. The number of nitrogens with zero attached hydrogens (tertiary/aromatic N) is 3. The average molecular weight is 268 g/mol. The van der Waals surface area contributed by atoms with Crippen LogP contribution >= 0.6 is 11.3 Å². The van der Waals surface area contributed by atoms with Crippen molar-refractivity contribution in [1.82, 2.24) is 15.2 Å². The molecule has 4 nitrogen and oxygen atoms in total. The van der Waals surface area contributed by atoms with Gasteiger partial charge in [-0.15, -0.1) is 11.3 Å². The van der Waals surface area contributed by atoms with Crippen LogP contribution in [0, 0.1) is 0 Å². The van der Waals surface area contributed by atoms with E-state index in [1.807, 2.05) is 13.2 Å². The molecule has 1 fully saturated rings. The van der Waals surface area contributed by atoms with Gasteiger partial charge in [0.2, 0.25) is 0 Å². The van der Waals surface area contributed by atoms with Gasteiger partial charge in [-0.05, 0) is 33.0 Å². The van der Waals surface area contributed by atoms with Crippen molar-refractivity contribution < 1.29 is 0 Å². The average Bonchev–Trinajstić information content (AvgIpc) is 2.93. The normalized spacial score (nSPS) is 17.3. The molecule has 0 spiro atoms. The summed E-state index contributed by atoms with van der Waals surface area (Å²) in [6.45, 7) is 7.04. The van der Waals surface area contributed by atoms with E-state index in [-0.39, 0.29) is 0 Å². The first-order valence-electron chi connectivity index (χ1n) is 6.91. The first kappa shape index (κ1) is 13.8. The van der Waals surface area contributed by atoms with E-state index in [0.717, 1.165) is 19.6 Å². The van der Waals surface area contributed by atoms with Crippen LogP contribution in [0.15, 0.2) is 11.6 Å². The molecule has 1 N–H and O–H groups in total. The van der Waals surface area contributed by atoms with Crippen LogP contribution in [0.4, 0.5) is 5.13 Å². The Bertz CT molecular complexity index is 307. The number of aromatic nitrogens is 1. The second-order valence-electron chi connectivity index (χ2n) is 4.81. The van der Waals surface area contributed by atoms with Gasteiger partial charge in [0, 0.05) is 37.8 Å². The number of thiazole rings is 1. The highest BCUT2D eigenvalue weighted by Gasteiger charge is 2.17. The topological polar surface area (TPSA) is 31.4 Å². The molecule has 2 rings (SSSR count). The lowest BCUT2D eigenvalue weighted by Gasteiger charge is -2.34. The number of piperazine rings is 1. The number of hydrogen-bond acceptors (Lipinski definition) is 5. The minimum atomic E-state index is 1.13. The molecular weight excluding hydrogens is 244 g/mol. The molecule has 1 aromatic heterocycles. The summed E-state index contributed by atoms with van der Waals surface area (Å²) < 4.78 is 0. The molecule has 1 aromatic rings. The lowest BCUT2D eigenvalue weighted by Crippen LogP contribution is -2.46. The third-order valence-corrected chi connectivity index (χ3v) is 4.30. The molecule has 0 atom stereocenters. The molecule has 2 heterocycles. The predicted octanol–water partition coefficient (Wildman–Crippen LogP) is 1.65. The van der Waals surface area contributed by atoms with E-state index >= 15 is 0 Å². The summed E-state index contributed by atoms with van der Waals surface area (Å²) in [6, 6.07) is 0. The van der Waals surface area contributed by atoms with Gasteiger partial charge in [-0.1, -0.05) is 6.42 Å². The van der Waals surface area contributed by atoms with E-state index in [1.165, 1.54) is 44.0 Å². The fourth-order valence-corrected chi connectivity index (χ4v) is 3.05. The molecule has 0 aliphatic carbocycles. The van der Waals surface area contributed by atoms with Crippen LogP contribution in [0.1, 0.15) is 19.3 Å². The second-order valence-corrected chi connectivity index (χ2v) is 5.68. The van der Waals surface area contributed by atoms with Crippen LogP contribution in [-0.4, -0.2) is 56.2 Å². The molecule has 0 saturated carbocycles. The van der Waals surface area contributed by atoms with Gasteiger partial charge >= 0.3 is 0 Å². The molecule has 0 aromatic carbocycles. The van der Waals surface area contributed by atoms with Gasteiger partial charge in [-0.2, -0.15) is 0 Å². The minimum absolute atomic E-state index is 1.13. The van der Waals surface area contributed by atoms with Crippen LogP contribution in [0.25, 0.3) is 0 Å². The van der Waals surface area contributed by atoms with Crippen molar-refractivity contribution in [2.45, 2.75) is 19.3 Å². The molecule has 102 valence electrons. The highest BCUT2D eigenvalue weighted by atomic mass is 32.1. The van der Waals surface area contributed by atoms with Gasteiger partial charge in [0.15, 0.2) is 5.13 Å². The Morgan fingerprint density at radius 3 is 2.72 bits per heavy atom. The van der Waals surface area contributed by atoms with E-state index in [2.05, 4.69) is 25.5 Å². The fraction of sp³-hybridized carbons (Fsp3) is 0.769. The Balaban J connectivity index is 1.59. The molecule has 1 aliphatic rings. The molecule has 1 saturated heterocycles. The van der Waals surface area contributed by atoms with E-state index < -0.39 is 0 Å². The summed E-state index contributed by atoms with van der Waals surface area (Å²) >= 11 is 1.75. The first-order chi connectivity index (χ1) is 8.90. The Kier molecular flexibility index (Phi) is 5.90. The van der Waals surface area contributed by atoms with E-state index in [1.54, 1.807) is 11.3 Å². The monoisotopic (exact) mass is 268 g/mol.